The Hall–Kier alpha value is -2.16. The molecule has 1 aliphatic rings. The number of unbranched alkanes of at least 4 members (excludes halogenated alkanes) is 1. The van der Waals surface area contributed by atoms with Crippen LogP contribution < -0.4 is 0 Å². The van der Waals surface area contributed by atoms with E-state index in [-0.39, 0.29) is 5.48 Å². The molecule has 0 bridgehead atoms. The average molecular weight is 464 g/mol. The second-order valence-electron chi connectivity index (χ2n) is 9.90. The van der Waals surface area contributed by atoms with Gasteiger partial charge in [-0.15, -0.1) is 6.58 Å². The van der Waals surface area contributed by atoms with Crippen LogP contribution in [0.3, 0.4) is 0 Å². The van der Waals surface area contributed by atoms with Crippen molar-refractivity contribution in [3.63, 3.8) is 0 Å². The van der Waals surface area contributed by atoms with Crippen molar-refractivity contribution in [2.24, 2.45) is 0 Å². The topological polar surface area (TPSA) is 34.7 Å². The zero-order chi connectivity index (χ0) is 24.1. The van der Waals surface area contributed by atoms with Gasteiger partial charge in [0.05, 0.1) is 0 Å². The first-order valence-electron chi connectivity index (χ1n) is 13.1. The van der Waals surface area contributed by atoms with Crippen molar-refractivity contribution in [3.05, 3.63) is 89.0 Å². The normalized spacial score (nSPS) is 13.1. The van der Waals surface area contributed by atoms with Gasteiger partial charge in [-0.25, -0.2) is 0 Å². The van der Waals surface area contributed by atoms with Crippen molar-refractivity contribution in [1.82, 2.24) is 4.90 Å². The van der Waals surface area contributed by atoms with Gasteiger partial charge < -0.3 is 10.4 Å². The van der Waals surface area contributed by atoms with Crippen LogP contribution in [-0.4, -0.2) is 30.0 Å². The number of likely N-dealkylation sites (tertiary alicyclic amines) is 1. The molecule has 3 rings (SSSR count). The molecule has 0 aliphatic carbocycles. The molecular formula is C32H49NO. The lowest BCUT2D eigenvalue weighted by molar-refractivity contribution is 0.334. The van der Waals surface area contributed by atoms with Gasteiger partial charge in [0.1, 0.15) is 0 Å². The quantitative estimate of drug-likeness (QED) is 0.246. The van der Waals surface area contributed by atoms with Gasteiger partial charge in [0, 0.05) is 0 Å². The SMILES string of the molecule is C=C(C)CCCCC(=C)c1ccc(C)cc1.CCc1ccc(CCCN2CCCC2)cc1C.O. The van der Waals surface area contributed by atoms with E-state index in [0.29, 0.717) is 0 Å². The first-order valence-corrected chi connectivity index (χ1v) is 13.1. The molecule has 188 valence electrons. The van der Waals surface area contributed by atoms with Gasteiger partial charge in [0.25, 0.3) is 0 Å². The van der Waals surface area contributed by atoms with Gasteiger partial charge in [-0.3, -0.25) is 0 Å². The Bertz CT molecular complexity index is 859. The summed E-state index contributed by atoms with van der Waals surface area (Å²) < 4.78 is 0. The molecule has 0 saturated carbocycles. The molecule has 0 radical (unpaired) electrons. The number of benzene rings is 2. The summed E-state index contributed by atoms with van der Waals surface area (Å²) in [7, 11) is 0. The van der Waals surface area contributed by atoms with E-state index in [4.69, 9.17) is 0 Å². The maximum absolute atomic E-state index is 4.15. The lowest BCUT2D eigenvalue weighted by Crippen LogP contribution is -2.20. The van der Waals surface area contributed by atoms with Crippen molar-refractivity contribution >= 4 is 5.57 Å². The molecule has 34 heavy (non-hydrogen) atoms. The van der Waals surface area contributed by atoms with Crippen LogP contribution in [0, 0.1) is 13.8 Å². The van der Waals surface area contributed by atoms with Crippen LogP contribution in [0.1, 0.15) is 86.6 Å². The van der Waals surface area contributed by atoms with Gasteiger partial charge in [-0.05, 0) is 126 Å². The second-order valence-corrected chi connectivity index (χ2v) is 9.90. The third-order valence-electron chi connectivity index (χ3n) is 6.72. The minimum absolute atomic E-state index is 0. The van der Waals surface area contributed by atoms with Crippen LogP contribution in [0.2, 0.25) is 0 Å². The summed E-state index contributed by atoms with van der Waals surface area (Å²) in [5.74, 6) is 0. The van der Waals surface area contributed by atoms with E-state index in [9.17, 15) is 0 Å². The maximum Gasteiger partial charge on any atom is -0.00156 e. The standard InChI is InChI=1S/C16H25N.C16H22.H2O/c1-3-16-9-8-15(13-14(16)2)7-6-12-17-10-4-5-11-17;1-13(2)7-5-6-8-15(4)16-11-9-14(3)10-12-16;/h8-9,13H,3-7,10-12H2,1-2H3;9-12H,1,4-8H2,2-3H3;1H2. The van der Waals surface area contributed by atoms with Crippen LogP contribution in [0.4, 0.5) is 0 Å². The van der Waals surface area contributed by atoms with Crippen molar-refractivity contribution in [2.45, 2.75) is 85.5 Å². The third kappa shape index (κ3) is 11.3. The highest BCUT2D eigenvalue weighted by atomic mass is 16.0. The molecule has 1 saturated heterocycles. The Morgan fingerprint density at radius 1 is 0.882 bits per heavy atom. The summed E-state index contributed by atoms with van der Waals surface area (Å²) in [5, 5.41) is 0. The lowest BCUT2D eigenvalue weighted by Gasteiger charge is -2.14. The molecule has 1 fully saturated rings. The van der Waals surface area contributed by atoms with E-state index >= 15 is 0 Å². The Labute approximate surface area is 210 Å². The second kappa shape index (κ2) is 16.5. The number of hydrogen-bond acceptors (Lipinski definition) is 1. The number of aryl methyl sites for hydroxylation is 4. The smallest absolute Gasteiger partial charge is 0.00156 e. The summed E-state index contributed by atoms with van der Waals surface area (Å²) >= 11 is 0. The molecule has 0 spiro atoms. The zero-order valence-electron chi connectivity index (χ0n) is 22.4. The van der Waals surface area contributed by atoms with Crippen LogP contribution in [0.5, 0.6) is 0 Å². The number of hydrogen-bond donors (Lipinski definition) is 0. The zero-order valence-corrected chi connectivity index (χ0v) is 22.4. The Morgan fingerprint density at radius 3 is 2.12 bits per heavy atom. The van der Waals surface area contributed by atoms with Gasteiger partial charge in [-0.2, -0.15) is 0 Å². The van der Waals surface area contributed by atoms with Gasteiger partial charge in [-0.1, -0.05) is 67.1 Å². The highest BCUT2D eigenvalue weighted by molar-refractivity contribution is 5.63. The summed E-state index contributed by atoms with van der Waals surface area (Å²) in [4.78, 5) is 2.60. The highest BCUT2D eigenvalue weighted by Crippen LogP contribution is 2.20. The molecule has 0 aromatic heterocycles. The minimum Gasteiger partial charge on any atom is -0.412 e. The third-order valence-corrected chi connectivity index (χ3v) is 6.72. The van der Waals surface area contributed by atoms with E-state index in [1.54, 1.807) is 0 Å². The summed E-state index contributed by atoms with van der Waals surface area (Å²) in [6.07, 6.45) is 11.2. The molecule has 2 N–H and O–H groups in total. The predicted molar refractivity (Wildman–Crippen MR) is 152 cm³/mol. The van der Waals surface area contributed by atoms with Crippen LogP contribution >= 0.6 is 0 Å². The van der Waals surface area contributed by atoms with Gasteiger partial charge >= 0.3 is 0 Å². The largest absolute Gasteiger partial charge is 0.412 e. The van der Waals surface area contributed by atoms with E-state index in [2.05, 4.69) is 88.2 Å². The number of rotatable bonds is 11. The Kier molecular flexibility index (Phi) is 14.5. The molecule has 0 unspecified atom stereocenters. The minimum atomic E-state index is 0. The monoisotopic (exact) mass is 463 g/mol. The fraction of sp³-hybridized carbons (Fsp3) is 0.500. The Morgan fingerprint density at radius 2 is 1.53 bits per heavy atom. The molecule has 1 heterocycles. The predicted octanol–water partition coefficient (Wildman–Crippen LogP) is 7.91. The van der Waals surface area contributed by atoms with E-state index in [1.807, 2.05) is 0 Å². The molecule has 0 amide bonds. The molecule has 2 aromatic carbocycles. The first kappa shape index (κ1) is 29.9. The van der Waals surface area contributed by atoms with Crippen LogP contribution in [0.25, 0.3) is 5.57 Å². The van der Waals surface area contributed by atoms with Gasteiger partial charge in [0.15, 0.2) is 0 Å². The van der Waals surface area contributed by atoms with Crippen LogP contribution in [-0.2, 0) is 12.8 Å². The highest BCUT2D eigenvalue weighted by Gasteiger charge is 2.10. The van der Waals surface area contributed by atoms with Crippen molar-refractivity contribution in [1.29, 1.82) is 0 Å². The molecule has 2 nitrogen and oxygen atoms in total. The summed E-state index contributed by atoms with van der Waals surface area (Å²) in [6.45, 7) is 20.7. The van der Waals surface area contributed by atoms with Crippen molar-refractivity contribution < 1.29 is 5.48 Å². The average Bonchev–Trinajstić information content (AvgIpc) is 3.31. The number of allylic oxidation sites excluding steroid dienone is 2. The molecule has 2 heteroatoms. The van der Waals surface area contributed by atoms with E-state index in [0.717, 1.165) is 19.3 Å². The fourth-order valence-corrected chi connectivity index (χ4v) is 4.52. The maximum atomic E-state index is 4.15. The van der Waals surface area contributed by atoms with Gasteiger partial charge in [0.2, 0.25) is 0 Å². The summed E-state index contributed by atoms with van der Waals surface area (Å²) in [6, 6.07) is 15.6. The fourth-order valence-electron chi connectivity index (χ4n) is 4.52. The number of nitrogens with zero attached hydrogens (tertiary/aromatic N) is 1. The first-order chi connectivity index (χ1) is 15.9. The van der Waals surface area contributed by atoms with E-state index < -0.39 is 0 Å². The summed E-state index contributed by atoms with van der Waals surface area (Å²) in [5.41, 5.74) is 9.58. The molecule has 2 aromatic rings. The van der Waals surface area contributed by atoms with E-state index in [1.165, 1.54) is 97.1 Å². The Balaban J connectivity index is 0.000000331. The molecule has 0 atom stereocenters. The van der Waals surface area contributed by atoms with Crippen LogP contribution in [0.15, 0.2) is 61.2 Å². The van der Waals surface area contributed by atoms with Crippen molar-refractivity contribution in [2.75, 3.05) is 19.6 Å². The molecule has 1 aliphatic heterocycles. The molecular weight excluding hydrogens is 414 g/mol. The lowest BCUT2D eigenvalue weighted by atomic mass is 9.99. The van der Waals surface area contributed by atoms with Crippen molar-refractivity contribution in [3.8, 4) is 0 Å².